The van der Waals surface area contributed by atoms with Gasteiger partial charge in [0.25, 0.3) is 0 Å². The maximum atomic E-state index is 13.0. The SMILES string of the molecule is CC(C)(C(=O)N(CCCO)C1CCC1)N1CCNCC1. The van der Waals surface area contributed by atoms with Gasteiger partial charge in [0.1, 0.15) is 0 Å². The third kappa shape index (κ3) is 3.32. The Morgan fingerprint density at radius 3 is 2.50 bits per heavy atom. The van der Waals surface area contributed by atoms with Crippen molar-refractivity contribution in [2.45, 2.75) is 51.1 Å². The molecule has 1 heterocycles. The average molecular weight is 283 g/mol. The zero-order chi connectivity index (χ0) is 14.6. The van der Waals surface area contributed by atoms with Crippen molar-refractivity contribution in [2.24, 2.45) is 0 Å². The van der Waals surface area contributed by atoms with Gasteiger partial charge in [-0.05, 0) is 39.5 Å². The number of hydrogen-bond donors (Lipinski definition) is 2. The lowest BCUT2D eigenvalue weighted by molar-refractivity contribution is -0.147. The smallest absolute Gasteiger partial charge is 0.242 e. The molecular weight excluding hydrogens is 254 g/mol. The lowest BCUT2D eigenvalue weighted by Crippen LogP contribution is -2.62. The molecule has 0 aromatic heterocycles. The van der Waals surface area contributed by atoms with Gasteiger partial charge in [0.2, 0.25) is 5.91 Å². The van der Waals surface area contributed by atoms with Crippen molar-refractivity contribution in [1.29, 1.82) is 0 Å². The minimum Gasteiger partial charge on any atom is -0.396 e. The summed E-state index contributed by atoms with van der Waals surface area (Å²) in [4.78, 5) is 17.3. The fraction of sp³-hybridized carbons (Fsp3) is 0.933. The van der Waals surface area contributed by atoms with Crippen LogP contribution in [-0.4, -0.2) is 71.7 Å². The van der Waals surface area contributed by atoms with E-state index in [0.717, 1.165) is 39.0 Å². The van der Waals surface area contributed by atoms with Crippen molar-refractivity contribution < 1.29 is 9.90 Å². The standard InChI is InChI=1S/C15H29N3O2/c1-15(2,17-10-7-16-8-11-17)14(20)18(9-4-12-19)13-5-3-6-13/h13,16,19H,3-12H2,1-2H3. The second-order valence-corrected chi connectivity index (χ2v) is 6.46. The Morgan fingerprint density at radius 1 is 1.35 bits per heavy atom. The fourth-order valence-electron chi connectivity index (χ4n) is 3.10. The Labute approximate surface area is 122 Å². The van der Waals surface area contributed by atoms with Crippen LogP contribution >= 0.6 is 0 Å². The van der Waals surface area contributed by atoms with Gasteiger partial charge in [-0.3, -0.25) is 9.69 Å². The van der Waals surface area contributed by atoms with E-state index in [4.69, 9.17) is 5.11 Å². The minimum atomic E-state index is -0.437. The normalized spacial score (nSPS) is 21.6. The third-order valence-electron chi connectivity index (χ3n) is 4.76. The first-order valence-electron chi connectivity index (χ1n) is 7.95. The summed E-state index contributed by atoms with van der Waals surface area (Å²) in [5.41, 5.74) is -0.437. The van der Waals surface area contributed by atoms with E-state index in [2.05, 4.69) is 10.2 Å². The molecule has 5 nitrogen and oxygen atoms in total. The van der Waals surface area contributed by atoms with Crippen LogP contribution in [0.15, 0.2) is 0 Å². The van der Waals surface area contributed by atoms with Gasteiger partial charge in [0, 0.05) is 45.4 Å². The molecule has 116 valence electrons. The molecule has 0 radical (unpaired) electrons. The van der Waals surface area contributed by atoms with E-state index in [1.807, 2.05) is 18.7 Å². The molecule has 1 aliphatic carbocycles. The molecule has 2 aliphatic rings. The Morgan fingerprint density at radius 2 is 2.00 bits per heavy atom. The van der Waals surface area contributed by atoms with Crippen LogP contribution in [0.1, 0.15) is 39.5 Å². The molecule has 1 saturated carbocycles. The number of piperazine rings is 1. The van der Waals surface area contributed by atoms with Gasteiger partial charge in [-0.1, -0.05) is 0 Å². The summed E-state index contributed by atoms with van der Waals surface area (Å²) in [6.07, 6.45) is 4.14. The van der Waals surface area contributed by atoms with Gasteiger partial charge >= 0.3 is 0 Å². The Bertz CT molecular complexity index is 323. The minimum absolute atomic E-state index is 0.157. The summed E-state index contributed by atoms with van der Waals surface area (Å²) < 4.78 is 0. The highest BCUT2D eigenvalue weighted by Gasteiger charge is 2.41. The predicted octanol–water partition coefficient (Wildman–Crippen LogP) is 0.434. The van der Waals surface area contributed by atoms with Crippen LogP contribution in [0, 0.1) is 0 Å². The number of aliphatic hydroxyl groups is 1. The summed E-state index contributed by atoms with van der Waals surface area (Å²) >= 11 is 0. The van der Waals surface area contributed by atoms with Crippen LogP contribution in [0.25, 0.3) is 0 Å². The van der Waals surface area contributed by atoms with Gasteiger partial charge in [0.15, 0.2) is 0 Å². The van der Waals surface area contributed by atoms with Crippen molar-refractivity contribution in [2.75, 3.05) is 39.3 Å². The Kier molecular flexibility index (Phi) is 5.41. The highest BCUT2D eigenvalue weighted by Crippen LogP contribution is 2.28. The topological polar surface area (TPSA) is 55.8 Å². The van der Waals surface area contributed by atoms with Crippen LogP contribution in [0.3, 0.4) is 0 Å². The number of aliphatic hydroxyl groups excluding tert-OH is 1. The quantitative estimate of drug-likeness (QED) is 0.742. The van der Waals surface area contributed by atoms with Crippen LogP contribution in [0.2, 0.25) is 0 Å². The molecule has 0 atom stereocenters. The first kappa shape index (κ1) is 15.7. The number of carbonyl (C=O) groups is 1. The number of hydrogen-bond acceptors (Lipinski definition) is 4. The number of amides is 1. The number of nitrogens with zero attached hydrogens (tertiary/aromatic N) is 2. The van der Waals surface area contributed by atoms with Gasteiger partial charge in [-0.25, -0.2) is 0 Å². The third-order valence-corrected chi connectivity index (χ3v) is 4.76. The monoisotopic (exact) mass is 283 g/mol. The van der Waals surface area contributed by atoms with E-state index < -0.39 is 5.54 Å². The fourth-order valence-corrected chi connectivity index (χ4v) is 3.10. The van der Waals surface area contributed by atoms with E-state index in [1.165, 1.54) is 6.42 Å². The van der Waals surface area contributed by atoms with E-state index in [9.17, 15) is 4.79 Å². The van der Waals surface area contributed by atoms with E-state index in [-0.39, 0.29) is 12.5 Å². The molecule has 1 amide bonds. The van der Waals surface area contributed by atoms with Crippen molar-refractivity contribution >= 4 is 5.91 Å². The zero-order valence-electron chi connectivity index (χ0n) is 12.9. The second-order valence-electron chi connectivity index (χ2n) is 6.46. The molecule has 0 aromatic carbocycles. The summed E-state index contributed by atoms with van der Waals surface area (Å²) in [6, 6.07) is 0.399. The van der Waals surface area contributed by atoms with Crippen LogP contribution < -0.4 is 5.32 Å². The molecule has 2 N–H and O–H groups in total. The van der Waals surface area contributed by atoms with Crippen LogP contribution in [0.5, 0.6) is 0 Å². The highest BCUT2D eigenvalue weighted by atomic mass is 16.3. The Hall–Kier alpha value is -0.650. The van der Waals surface area contributed by atoms with Crippen LogP contribution in [-0.2, 0) is 4.79 Å². The van der Waals surface area contributed by atoms with E-state index in [0.29, 0.717) is 19.0 Å². The molecule has 20 heavy (non-hydrogen) atoms. The number of nitrogens with one attached hydrogen (secondary N) is 1. The van der Waals surface area contributed by atoms with Gasteiger partial charge in [-0.15, -0.1) is 0 Å². The maximum Gasteiger partial charge on any atom is 0.242 e. The molecule has 1 aliphatic heterocycles. The number of rotatable bonds is 6. The summed E-state index contributed by atoms with van der Waals surface area (Å²) in [7, 11) is 0. The van der Waals surface area contributed by atoms with Gasteiger partial charge in [0.05, 0.1) is 5.54 Å². The molecule has 1 saturated heterocycles. The van der Waals surface area contributed by atoms with Crippen molar-refractivity contribution in [3.05, 3.63) is 0 Å². The molecule has 0 unspecified atom stereocenters. The molecule has 0 aromatic rings. The summed E-state index contributed by atoms with van der Waals surface area (Å²) in [6.45, 7) is 8.71. The van der Waals surface area contributed by atoms with Gasteiger partial charge in [-0.2, -0.15) is 0 Å². The van der Waals surface area contributed by atoms with E-state index in [1.54, 1.807) is 0 Å². The molecule has 0 spiro atoms. The summed E-state index contributed by atoms with van der Waals surface area (Å²) in [5, 5.41) is 12.4. The Balaban J connectivity index is 2.03. The predicted molar refractivity (Wildman–Crippen MR) is 79.6 cm³/mol. The molecule has 2 rings (SSSR count). The molecule has 0 bridgehead atoms. The highest BCUT2D eigenvalue weighted by molar-refractivity contribution is 5.86. The van der Waals surface area contributed by atoms with Crippen molar-refractivity contribution in [3.8, 4) is 0 Å². The first-order chi connectivity index (χ1) is 9.57. The maximum absolute atomic E-state index is 13.0. The number of carbonyl (C=O) groups excluding carboxylic acids is 1. The summed E-state index contributed by atoms with van der Waals surface area (Å²) in [5.74, 6) is 0.234. The first-order valence-corrected chi connectivity index (χ1v) is 7.95. The van der Waals surface area contributed by atoms with Crippen LogP contribution in [0.4, 0.5) is 0 Å². The van der Waals surface area contributed by atoms with Gasteiger partial charge < -0.3 is 15.3 Å². The van der Waals surface area contributed by atoms with Crippen molar-refractivity contribution in [3.63, 3.8) is 0 Å². The lowest BCUT2D eigenvalue weighted by Gasteiger charge is -2.46. The van der Waals surface area contributed by atoms with Crippen molar-refractivity contribution in [1.82, 2.24) is 15.1 Å². The second kappa shape index (κ2) is 6.87. The lowest BCUT2D eigenvalue weighted by atomic mass is 9.89. The molecular formula is C15H29N3O2. The average Bonchev–Trinajstić information content (AvgIpc) is 2.41. The molecule has 2 fully saturated rings. The zero-order valence-corrected chi connectivity index (χ0v) is 12.9. The molecule has 5 heteroatoms. The van der Waals surface area contributed by atoms with E-state index >= 15 is 0 Å². The largest absolute Gasteiger partial charge is 0.396 e.